The zero-order valence-electron chi connectivity index (χ0n) is 9.96. The van der Waals surface area contributed by atoms with Gasteiger partial charge in [-0.25, -0.2) is 4.98 Å². The van der Waals surface area contributed by atoms with Gasteiger partial charge in [0.05, 0.1) is 16.5 Å². The molecule has 2 N–H and O–H groups in total. The van der Waals surface area contributed by atoms with Crippen molar-refractivity contribution < 1.29 is 23.1 Å². The molecule has 0 fully saturated rings. The molecule has 0 amide bonds. The Labute approximate surface area is 112 Å². The fourth-order valence-corrected chi connectivity index (χ4v) is 1.49. The van der Waals surface area contributed by atoms with Crippen LogP contribution in [-0.4, -0.2) is 22.6 Å². The summed E-state index contributed by atoms with van der Waals surface area (Å²) in [4.78, 5) is 14.1. The predicted molar refractivity (Wildman–Crippen MR) is 64.2 cm³/mol. The zero-order chi connectivity index (χ0) is 14.6. The molecular formula is C11H12ClF3N2O2. The average molecular weight is 297 g/mol. The molecule has 0 radical (unpaired) electrons. The molecular weight excluding hydrogens is 285 g/mol. The Morgan fingerprint density at radius 3 is 2.68 bits per heavy atom. The van der Waals surface area contributed by atoms with Crippen molar-refractivity contribution in [3.05, 3.63) is 22.8 Å². The fourth-order valence-electron chi connectivity index (χ4n) is 1.25. The van der Waals surface area contributed by atoms with Gasteiger partial charge in [-0.15, -0.1) is 0 Å². The second kappa shape index (κ2) is 6.10. The van der Waals surface area contributed by atoms with Crippen molar-refractivity contribution in [2.45, 2.75) is 19.5 Å². The first-order chi connectivity index (χ1) is 8.71. The fraction of sp³-hybridized carbons (Fsp3) is 0.455. The van der Waals surface area contributed by atoms with Crippen molar-refractivity contribution in [1.29, 1.82) is 0 Å². The number of aliphatic carboxylic acids is 1. The van der Waals surface area contributed by atoms with Crippen LogP contribution in [-0.2, 0) is 11.0 Å². The summed E-state index contributed by atoms with van der Waals surface area (Å²) < 4.78 is 37.1. The number of rotatable bonds is 5. The maximum atomic E-state index is 12.4. The van der Waals surface area contributed by atoms with Crippen LogP contribution in [0.4, 0.5) is 19.0 Å². The maximum Gasteiger partial charge on any atom is 0.417 e. The Kier molecular flexibility index (Phi) is 4.99. The summed E-state index contributed by atoms with van der Waals surface area (Å²) >= 11 is 5.67. The number of carboxylic acid groups (broad SMARTS) is 1. The average Bonchev–Trinajstić information content (AvgIpc) is 2.29. The lowest BCUT2D eigenvalue weighted by Gasteiger charge is -2.11. The summed E-state index contributed by atoms with van der Waals surface area (Å²) in [5.74, 6) is -1.39. The van der Waals surface area contributed by atoms with Crippen LogP contribution >= 0.6 is 11.6 Å². The molecule has 0 spiro atoms. The highest BCUT2D eigenvalue weighted by Gasteiger charge is 2.31. The van der Waals surface area contributed by atoms with Crippen molar-refractivity contribution in [3.63, 3.8) is 0 Å². The number of nitrogens with zero attached hydrogens (tertiary/aromatic N) is 1. The van der Waals surface area contributed by atoms with E-state index in [0.29, 0.717) is 12.6 Å². The van der Waals surface area contributed by atoms with Crippen molar-refractivity contribution in [1.82, 2.24) is 4.98 Å². The number of aromatic nitrogens is 1. The molecule has 0 aliphatic heterocycles. The van der Waals surface area contributed by atoms with E-state index in [1.54, 1.807) is 0 Å². The number of carbonyl (C=O) groups is 1. The molecule has 0 aliphatic rings. The SMILES string of the molecule is CC(CCNc1ncc(C(F)(F)F)cc1Cl)C(=O)O. The van der Waals surface area contributed by atoms with Gasteiger partial charge in [0.1, 0.15) is 5.82 Å². The molecule has 0 bridgehead atoms. The normalized spacial score (nSPS) is 13.1. The monoisotopic (exact) mass is 296 g/mol. The quantitative estimate of drug-likeness (QED) is 0.875. The first-order valence-corrected chi connectivity index (χ1v) is 5.79. The minimum Gasteiger partial charge on any atom is -0.481 e. The first-order valence-electron chi connectivity index (χ1n) is 5.41. The molecule has 1 unspecified atom stereocenters. The zero-order valence-corrected chi connectivity index (χ0v) is 10.7. The van der Waals surface area contributed by atoms with E-state index in [1.165, 1.54) is 6.92 Å². The molecule has 8 heteroatoms. The standard InChI is InChI=1S/C11H12ClF3N2O2/c1-6(10(18)19)2-3-16-9-8(12)4-7(5-17-9)11(13,14)15/h4-6H,2-3H2,1H3,(H,16,17)(H,18,19). The van der Waals surface area contributed by atoms with Gasteiger partial charge in [0.15, 0.2) is 0 Å². The van der Waals surface area contributed by atoms with E-state index in [-0.39, 0.29) is 17.4 Å². The van der Waals surface area contributed by atoms with Crippen LogP contribution in [0, 0.1) is 5.92 Å². The van der Waals surface area contributed by atoms with E-state index in [2.05, 4.69) is 10.3 Å². The molecule has 19 heavy (non-hydrogen) atoms. The summed E-state index contributed by atoms with van der Waals surface area (Å²) in [6, 6.07) is 0.775. The molecule has 0 aromatic carbocycles. The smallest absolute Gasteiger partial charge is 0.417 e. The predicted octanol–water partition coefficient (Wildman–Crippen LogP) is 3.28. The molecule has 1 rings (SSSR count). The van der Waals surface area contributed by atoms with Gasteiger partial charge in [-0.05, 0) is 12.5 Å². The second-order valence-electron chi connectivity index (χ2n) is 4.01. The summed E-state index contributed by atoms with van der Waals surface area (Å²) in [6.07, 6.45) is -3.50. The molecule has 1 aromatic heterocycles. The van der Waals surface area contributed by atoms with E-state index >= 15 is 0 Å². The van der Waals surface area contributed by atoms with Crippen LogP contribution in [0.2, 0.25) is 5.02 Å². The van der Waals surface area contributed by atoms with Gasteiger partial charge >= 0.3 is 12.1 Å². The topological polar surface area (TPSA) is 62.2 Å². The highest BCUT2D eigenvalue weighted by molar-refractivity contribution is 6.32. The lowest BCUT2D eigenvalue weighted by molar-refractivity contribution is -0.141. The third-order valence-electron chi connectivity index (χ3n) is 2.46. The Balaban J connectivity index is 2.63. The number of hydrogen-bond acceptors (Lipinski definition) is 3. The van der Waals surface area contributed by atoms with E-state index in [1.807, 2.05) is 0 Å². The van der Waals surface area contributed by atoms with E-state index in [0.717, 1.165) is 6.07 Å². The molecule has 106 valence electrons. The number of anilines is 1. The highest BCUT2D eigenvalue weighted by Crippen LogP contribution is 2.32. The van der Waals surface area contributed by atoms with E-state index in [9.17, 15) is 18.0 Å². The van der Waals surface area contributed by atoms with Crippen LogP contribution in [0.3, 0.4) is 0 Å². The molecule has 1 atom stereocenters. The summed E-state index contributed by atoms with van der Waals surface area (Å²) in [5, 5.41) is 11.2. The van der Waals surface area contributed by atoms with Crippen molar-refractivity contribution in [3.8, 4) is 0 Å². The Morgan fingerprint density at radius 2 is 2.21 bits per heavy atom. The van der Waals surface area contributed by atoms with Gasteiger partial charge in [-0.3, -0.25) is 4.79 Å². The third-order valence-corrected chi connectivity index (χ3v) is 2.75. The minimum absolute atomic E-state index is 0.104. The molecule has 4 nitrogen and oxygen atoms in total. The van der Waals surface area contributed by atoms with Gasteiger partial charge in [-0.1, -0.05) is 18.5 Å². The minimum atomic E-state index is -4.49. The summed E-state index contributed by atoms with van der Waals surface area (Å²) in [6.45, 7) is 1.79. The second-order valence-corrected chi connectivity index (χ2v) is 4.41. The summed E-state index contributed by atoms with van der Waals surface area (Å²) in [5.41, 5.74) is -0.929. The highest BCUT2D eigenvalue weighted by atomic mass is 35.5. The Morgan fingerprint density at radius 1 is 1.58 bits per heavy atom. The number of hydrogen-bond donors (Lipinski definition) is 2. The van der Waals surface area contributed by atoms with Crippen molar-refractivity contribution in [2.75, 3.05) is 11.9 Å². The lowest BCUT2D eigenvalue weighted by atomic mass is 10.1. The van der Waals surface area contributed by atoms with Crippen LogP contribution in [0.15, 0.2) is 12.3 Å². The van der Waals surface area contributed by atoms with Crippen LogP contribution in [0.25, 0.3) is 0 Å². The van der Waals surface area contributed by atoms with Crippen molar-refractivity contribution in [2.24, 2.45) is 5.92 Å². The van der Waals surface area contributed by atoms with E-state index in [4.69, 9.17) is 16.7 Å². The Hall–Kier alpha value is -1.50. The van der Waals surface area contributed by atoms with Crippen LogP contribution in [0.5, 0.6) is 0 Å². The van der Waals surface area contributed by atoms with Gasteiger partial charge in [-0.2, -0.15) is 13.2 Å². The summed E-state index contributed by atoms with van der Waals surface area (Å²) in [7, 11) is 0. The largest absolute Gasteiger partial charge is 0.481 e. The van der Waals surface area contributed by atoms with Crippen molar-refractivity contribution >= 4 is 23.4 Å². The first kappa shape index (κ1) is 15.6. The van der Waals surface area contributed by atoms with Gasteiger partial charge < -0.3 is 10.4 Å². The van der Waals surface area contributed by atoms with Gasteiger partial charge in [0.2, 0.25) is 0 Å². The number of alkyl halides is 3. The molecule has 1 heterocycles. The number of carboxylic acids is 1. The molecule has 0 aliphatic carbocycles. The van der Waals surface area contributed by atoms with Gasteiger partial charge in [0, 0.05) is 12.7 Å². The molecule has 0 saturated carbocycles. The molecule has 0 saturated heterocycles. The number of pyridine rings is 1. The lowest BCUT2D eigenvalue weighted by Crippen LogP contribution is -2.15. The Bertz CT molecular complexity index is 466. The maximum absolute atomic E-state index is 12.4. The van der Waals surface area contributed by atoms with Gasteiger partial charge in [0.25, 0.3) is 0 Å². The van der Waals surface area contributed by atoms with E-state index < -0.39 is 23.6 Å². The van der Waals surface area contributed by atoms with Crippen LogP contribution in [0.1, 0.15) is 18.9 Å². The number of nitrogens with one attached hydrogen (secondary N) is 1. The van der Waals surface area contributed by atoms with Crippen LogP contribution < -0.4 is 5.32 Å². The molecule has 1 aromatic rings. The third kappa shape index (κ3) is 4.59. The number of halogens is 4.